The molecule has 24 rings (SSSR count). The highest BCUT2D eigenvalue weighted by atomic mass is 14.9. The second-order valence-electron chi connectivity index (χ2n) is 41.2. The van der Waals surface area contributed by atoms with E-state index in [4.69, 9.17) is 0 Å². The Bertz CT molecular complexity index is 8400. The summed E-state index contributed by atoms with van der Waals surface area (Å²) in [6.45, 7) is 43.3. The number of benzene rings is 18. The molecule has 0 saturated carbocycles. The van der Waals surface area contributed by atoms with Crippen molar-refractivity contribution in [2.45, 2.75) is 184 Å². The Morgan fingerprint density at radius 3 is 0.729 bits per heavy atom. The second-order valence-corrected chi connectivity index (χ2v) is 41.2. The number of fused-ring (bicyclic) bond motifs is 24. The minimum Gasteiger partial charge on any atom is -0.308 e. The van der Waals surface area contributed by atoms with E-state index >= 15 is 0 Å². The van der Waals surface area contributed by atoms with Gasteiger partial charge in [0.05, 0.1) is 61.3 Å². The molecule has 129 heavy (non-hydrogen) atoms. The molecule has 0 radical (unpaired) electrons. The van der Waals surface area contributed by atoms with Gasteiger partial charge in [-0.25, -0.2) is 0 Å². The molecule has 632 valence electrons. The van der Waals surface area contributed by atoms with Crippen LogP contribution in [-0.2, 0) is 5.41 Å². The van der Waals surface area contributed by atoms with Crippen molar-refractivity contribution in [1.82, 2.24) is 13.2 Å². The van der Waals surface area contributed by atoms with E-state index in [9.17, 15) is 5.26 Å². The summed E-state index contributed by atoms with van der Waals surface area (Å²) in [5.41, 5.74) is 32.3. The molecule has 6 aromatic heterocycles. The molecular formula is C125H112N4. The summed E-state index contributed by atoms with van der Waals surface area (Å²) in [6, 6.07) is 112. The van der Waals surface area contributed by atoms with Crippen LogP contribution in [-0.4, -0.2) is 13.2 Å². The first kappa shape index (κ1) is 81.2. The molecule has 0 aliphatic rings. The number of aromatic nitrogens is 3. The highest BCUT2D eigenvalue weighted by Gasteiger charge is 2.28. The molecule has 0 aliphatic carbocycles. The van der Waals surface area contributed by atoms with Crippen LogP contribution in [0.2, 0.25) is 0 Å². The molecule has 0 aliphatic heterocycles. The minimum absolute atomic E-state index is 0.0463. The highest BCUT2D eigenvalue weighted by Crippen LogP contribution is 2.51. The molecule has 0 amide bonds. The van der Waals surface area contributed by atoms with E-state index in [1.165, 1.54) is 257 Å². The molecule has 0 unspecified atom stereocenters. The third kappa shape index (κ3) is 13.2. The van der Waals surface area contributed by atoms with Crippen LogP contribution in [0.4, 0.5) is 0 Å². The van der Waals surface area contributed by atoms with Crippen LogP contribution in [0.25, 0.3) is 212 Å². The van der Waals surface area contributed by atoms with E-state index in [2.05, 4.69) is 430 Å². The molecule has 0 saturated heterocycles. The van der Waals surface area contributed by atoms with Gasteiger partial charge in [-0.1, -0.05) is 295 Å². The fourth-order valence-electron chi connectivity index (χ4n) is 21.9. The summed E-state index contributed by atoms with van der Waals surface area (Å²) < 4.78 is 7.58. The van der Waals surface area contributed by atoms with E-state index in [0.29, 0.717) is 52.9 Å². The van der Waals surface area contributed by atoms with Crippen molar-refractivity contribution >= 4 is 179 Å². The molecule has 0 spiro atoms. The summed E-state index contributed by atoms with van der Waals surface area (Å²) in [5.74, 6) is 3.77. The first-order chi connectivity index (χ1) is 62.1. The average molecular weight is 1670 g/mol. The average Bonchev–Trinajstić information content (AvgIpc) is 1.56. The zero-order chi connectivity index (χ0) is 89.1. The van der Waals surface area contributed by atoms with Crippen LogP contribution in [0.5, 0.6) is 0 Å². The number of rotatable bonds is 11. The van der Waals surface area contributed by atoms with E-state index in [1.54, 1.807) is 0 Å². The fourth-order valence-corrected chi connectivity index (χ4v) is 21.9. The quantitative estimate of drug-likeness (QED) is 0.127. The van der Waals surface area contributed by atoms with Crippen molar-refractivity contribution in [3.05, 3.63) is 341 Å². The van der Waals surface area contributed by atoms with E-state index in [1.807, 2.05) is 6.07 Å². The second kappa shape index (κ2) is 30.3. The predicted octanol–water partition coefficient (Wildman–Crippen LogP) is 36.6. The SMILES string of the molecule is CC(C)c1ccc2cc3c(cc2c1)c1cc(-c2cc(C#N)ccc2C(C)C)cc2c4cc5cc(C(C)C)ccc5cc4n3c12.CC(C)c1ccc2cc3c(cc2c1)c1cc(-c2ccccc2C(C)(C)C)cc2c4cc5cc(C(C)C)ccc5cc4n3c12.CC(C)c1ccc2cc3c(cc2c1)c1cc(-c2ccccc2C(C)C)cc2c4cc5cc(C(C)C)ccc5cc4n3c12. The summed E-state index contributed by atoms with van der Waals surface area (Å²) in [7, 11) is 0. The molecule has 0 atom stereocenters. The summed E-state index contributed by atoms with van der Waals surface area (Å²) in [6.07, 6.45) is 0. The van der Waals surface area contributed by atoms with E-state index in [-0.39, 0.29) is 5.41 Å². The Hall–Kier alpha value is -13.6. The van der Waals surface area contributed by atoms with Crippen LogP contribution in [0.3, 0.4) is 0 Å². The van der Waals surface area contributed by atoms with Gasteiger partial charge in [-0.05, 0) is 322 Å². The highest BCUT2D eigenvalue weighted by molar-refractivity contribution is 6.31. The smallest absolute Gasteiger partial charge is 0.0991 e. The first-order valence-electron chi connectivity index (χ1n) is 47.2. The first-order valence-corrected chi connectivity index (χ1v) is 47.2. The van der Waals surface area contributed by atoms with Crippen LogP contribution >= 0.6 is 0 Å². The Labute approximate surface area is 756 Å². The van der Waals surface area contributed by atoms with Gasteiger partial charge in [-0.15, -0.1) is 0 Å². The molecule has 0 fully saturated rings. The van der Waals surface area contributed by atoms with Gasteiger partial charge >= 0.3 is 0 Å². The molecule has 6 heterocycles. The molecule has 0 bridgehead atoms. The van der Waals surface area contributed by atoms with Crippen LogP contribution < -0.4 is 0 Å². The maximum absolute atomic E-state index is 9.83. The lowest BCUT2D eigenvalue weighted by atomic mass is 9.81. The number of hydrogen-bond acceptors (Lipinski definition) is 1. The number of nitrogens with zero attached hydrogens (tertiary/aromatic N) is 4. The number of nitriles is 1. The van der Waals surface area contributed by atoms with Gasteiger partial charge in [0, 0.05) is 64.6 Å². The van der Waals surface area contributed by atoms with Gasteiger partial charge in [-0.2, -0.15) is 5.26 Å². The Kier molecular flexibility index (Phi) is 19.1. The van der Waals surface area contributed by atoms with Crippen molar-refractivity contribution in [3.8, 4) is 39.4 Å². The third-order valence-electron chi connectivity index (χ3n) is 29.1. The monoisotopic (exact) mass is 1670 g/mol. The van der Waals surface area contributed by atoms with Gasteiger partial charge < -0.3 is 13.2 Å². The lowest BCUT2D eigenvalue weighted by Crippen LogP contribution is -2.12. The molecular weight excluding hydrogens is 1560 g/mol. The maximum Gasteiger partial charge on any atom is 0.0991 e. The van der Waals surface area contributed by atoms with E-state index < -0.39 is 0 Å². The molecule has 0 N–H and O–H groups in total. The number of hydrogen-bond donors (Lipinski definition) is 0. The van der Waals surface area contributed by atoms with Crippen molar-refractivity contribution < 1.29 is 0 Å². The lowest BCUT2D eigenvalue weighted by Gasteiger charge is -2.23. The Morgan fingerprint density at radius 1 is 0.217 bits per heavy atom. The van der Waals surface area contributed by atoms with Crippen LogP contribution in [0.15, 0.2) is 285 Å². The van der Waals surface area contributed by atoms with Crippen LogP contribution in [0.1, 0.15) is 235 Å². The van der Waals surface area contributed by atoms with Crippen molar-refractivity contribution in [2.75, 3.05) is 0 Å². The van der Waals surface area contributed by atoms with Crippen LogP contribution in [0, 0.1) is 11.3 Å². The summed E-state index contributed by atoms with van der Waals surface area (Å²) in [4.78, 5) is 0. The van der Waals surface area contributed by atoms with Crippen molar-refractivity contribution in [2.24, 2.45) is 0 Å². The molecule has 4 nitrogen and oxygen atoms in total. The molecule has 24 aromatic rings. The largest absolute Gasteiger partial charge is 0.308 e. The Morgan fingerprint density at radius 2 is 0.465 bits per heavy atom. The minimum atomic E-state index is 0.0463. The summed E-state index contributed by atoms with van der Waals surface area (Å²) >= 11 is 0. The molecule has 4 heteroatoms. The van der Waals surface area contributed by atoms with E-state index in [0.717, 1.165) is 5.56 Å². The van der Waals surface area contributed by atoms with Gasteiger partial charge in [0.15, 0.2) is 0 Å². The van der Waals surface area contributed by atoms with Gasteiger partial charge in [-0.3, -0.25) is 0 Å². The van der Waals surface area contributed by atoms with Crippen molar-refractivity contribution in [1.29, 1.82) is 5.26 Å². The maximum atomic E-state index is 9.83. The lowest BCUT2D eigenvalue weighted by molar-refractivity contribution is 0.592. The molecule has 18 aromatic carbocycles. The third-order valence-corrected chi connectivity index (χ3v) is 29.1. The van der Waals surface area contributed by atoms with Gasteiger partial charge in [0.25, 0.3) is 0 Å². The fraction of sp³-hybridized carbons (Fsp3) is 0.224. The zero-order valence-electron chi connectivity index (χ0n) is 78.0. The predicted molar refractivity (Wildman–Crippen MR) is 561 cm³/mol. The van der Waals surface area contributed by atoms with Gasteiger partial charge in [0.2, 0.25) is 0 Å². The standard InChI is InChI=1S/C42H36N2.C42H39N.C41H37N/c1-23(2)27-8-10-29-20-40-36(16-31(29)14-27)38-18-33(35-13-26(22-43)7-12-34(35)25(5)6)19-39-37-17-32-15-28(24(3)4)9-11-30(32)21-41(37)44(40)42(38)39;1-24(2)26-12-14-28-22-39-34(18-30(28)16-26)36-20-32(33-10-8-9-11-38(33)42(5,6)7)21-37-35-19-31-17-27(25(3)4)13-15-29(31)23-40(35)43(39)41(36)37;1-23(2)26-11-13-28-21-39-35(17-30(28)15-26)37-19-32(34-10-8-7-9-33(34)25(5)6)20-38-36-18-31-16-27(24(3)4)12-14-29(31)22-40(36)42(39)41(37)38/h7-21,23-25H,1-6H3;8-25H,1-7H3;7-25H,1-6H3. The normalized spacial score (nSPS) is 12.7. The van der Waals surface area contributed by atoms with Crippen molar-refractivity contribution in [3.63, 3.8) is 0 Å². The topological polar surface area (TPSA) is 37.0 Å². The Balaban J connectivity index is 0.000000114. The zero-order valence-corrected chi connectivity index (χ0v) is 78.0. The summed E-state index contributed by atoms with van der Waals surface area (Å²) in [5, 5.41) is 41.2. The van der Waals surface area contributed by atoms with Gasteiger partial charge in [0.1, 0.15) is 0 Å².